The average Bonchev–Trinajstić information content (AvgIpc) is 2.98. The van der Waals surface area contributed by atoms with E-state index in [1.807, 2.05) is 44.2 Å². The van der Waals surface area contributed by atoms with Crippen LogP contribution in [0, 0.1) is 20.8 Å². The zero-order valence-electron chi connectivity index (χ0n) is 16.7. The Morgan fingerprint density at radius 3 is 2.54 bits per heavy atom. The van der Waals surface area contributed by atoms with Crippen molar-refractivity contribution in [2.45, 2.75) is 27.3 Å². The largest absolute Gasteiger partial charge is 0.496 e. The first-order chi connectivity index (χ1) is 13.3. The summed E-state index contributed by atoms with van der Waals surface area (Å²) < 4.78 is 7.04. The molecule has 0 aliphatic heterocycles. The van der Waals surface area contributed by atoms with Crippen molar-refractivity contribution >= 4 is 17.5 Å². The molecule has 28 heavy (non-hydrogen) atoms. The Balaban J connectivity index is 1.90. The number of methoxy groups -OCH3 is 1. The van der Waals surface area contributed by atoms with Crippen LogP contribution in [-0.2, 0) is 6.54 Å². The van der Waals surface area contributed by atoms with Crippen molar-refractivity contribution in [3.05, 3.63) is 69.8 Å². The van der Waals surface area contributed by atoms with Gasteiger partial charge in [-0.1, -0.05) is 29.8 Å². The third-order valence-electron chi connectivity index (χ3n) is 4.70. The van der Waals surface area contributed by atoms with Crippen molar-refractivity contribution in [1.29, 1.82) is 0 Å². The van der Waals surface area contributed by atoms with E-state index in [9.17, 15) is 4.79 Å². The monoisotopic (exact) mass is 398 g/mol. The van der Waals surface area contributed by atoms with E-state index in [0.29, 0.717) is 23.0 Å². The Morgan fingerprint density at radius 2 is 1.89 bits per heavy atom. The molecule has 0 N–H and O–H groups in total. The van der Waals surface area contributed by atoms with Crippen LogP contribution >= 0.6 is 11.6 Å². The van der Waals surface area contributed by atoms with Crippen molar-refractivity contribution < 1.29 is 9.53 Å². The maximum Gasteiger partial charge on any atom is 0.259 e. The number of aryl methyl sites for hydroxylation is 2. The van der Waals surface area contributed by atoms with Gasteiger partial charge in [0, 0.05) is 24.4 Å². The van der Waals surface area contributed by atoms with E-state index in [4.69, 9.17) is 16.3 Å². The zero-order valence-corrected chi connectivity index (χ0v) is 17.4. The van der Waals surface area contributed by atoms with Gasteiger partial charge in [0.25, 0.3) is 5.91 Å². The highest BCUT2D eigenvalue weighted by Gasteiger charge is 2.24. The number of amides is 1. The molecule has 3 aromatic rings. The molecule has 0 radical (unpaired) electrons. The molecule has 2 aromatic heterocycles. The second kappa shape index (κ2) is 8.02. The van der Waals surface area contributed by atoms with Crippen molar-refractivity contribution in [2.75, 3.05) is 14.2 Å². The summed E-state index contributed by atoms with van der Waals surface area (Å²) in [7, 11) is 3.36. The molecule has 1 amide bonds. The van der Waals surface area contributed by atoms with Crippen LogP contribution in [0.25, 0.3) is 5.69 Å². The predicted octanol–water partition coefficient (Wildman–Crippen LogP) is 4.13. The van der Waals surface area contributed by atoms with Gasteiger partial charge in [0.15, 0.2) is 0 Å². The fraction of sp³-hybridized carbons (Fsp3) is 0.286. The van der Waals surface area contributed by atoms with Gasteiger partial charge in [-0.2, -0.15) is 5.10 Å². The maximum atomic E-state index is 13.1. The summed E-state index contributed by atoms with van der Waals surface area (Å²) in [4.78, 5) is 19.2. The number of ether oxygens (including phenoxy) is 1. The fourth-order valence-electron chi connectivity index (χ4n) is 3.20. The van der Waals surface area contributed by atoms with Gasteiger partial charge in [-0.25, -0.2) is 4.68 Å². The van der Waals surface area contributed by atoms with Gasteiger partial charge in [0.1, 0.15) is 10.9 Å². The minimum Gasteiger partial charge on any atom is -0.496 e. The van der Waals surface area contributed by atoms with E-state index in [1.165, 1.54) is 0 Å². The number of benzene rings is 1. The summed E-state index contributed by atoms with van der Waals surface area (Å²) in [6.45, 7) is 6.01. The minimum atomic E-state index is -0.203. The van der Waals surface area contributed by atoms with E-state index in [1.54, 1.807) is 36.9 Å². The van der Waals surface area contributed by atoms with Gasteiger partial charge in [0.05, 0.1) is 36.3 Å². The van der Waals surface area contributed by atoms with Crippen LogP contribution in [0.4, 0.5) is 0 Å². The summed E-state index contributed by atoms with van der Waals surface area (Å²) in [5, 5.41) is 4.75. The maximum absolute atomic E-state index is 13.1. The molecule has 7 heteroatoms. The summed E-state index contributed by atoms with van der Waals surface area (Å²) in [6, 6.07) is 9.49. The molecule has 0 aliphatic rings. The molecular formula is C21H23ClN4O2. The molecule has 1 aromatic carbocycles. The first-order valence-electron chi connectivity index (χ1n) is 8.90. The lowest BCUT2D eigenvalue weighted by atomic mass is 10.1. The van der Waals surface area contributed by atoms with E-state index in [-0.39, 0.29) is 5.91 Å². The number of para-hydroxylation sites is 1. The average molecular weight is 399 g/mol. The number of aromatic nitrogens is 3. The number of carbonyl (C=O) groups is 1. The van der Waals surface area contributed by atoms with Crippen LogP contribution in [0.3, 0.4) is 0 Å². The number of hydrogen-bond acceptors (Lipinski definition) is 4. The molecule has 0 unspecified atom stereocenters. The minimum absolute atomic E-state index is 0.203. The molecule has 0 saturated carbocycles. The quantitative estimate of drug-likeness (QED) is 0.648. The lowest BCUT2D eigenvalue weighted by Crippen LogP contribution is -2.27. The molecule has 146 valence electrons. The first kappa shape index (κ1) is 19.9. The van der Waals surface area contributed by atoms with Gasteiger partial charge in [-0.15, -0.1) is 0 Å². The molecule has 0 atom stereocenters. The van der Waals surface area contributed by atoms with Crippen molar-refractivity contribution in [3.63, 3.8) is 0 Å². The summed E-state index contributed by atoms with van der Waals surface area (Å²) in [6.07, 6.45) is 1.76. The van der Waals surface area contributed by atoms with Crippen molar-refractivity contribution in [2.24, 2.45) is 0 Å². The SMILES string of the molecule is COc1c(C)cnc(CN(C)C(=O)c2c(C)nn(-c3ccccc3)c2Cl)c1C. The number of rotatable bonds is 5. The third-order valence-corrected chi connectivity index (χ3v) is 5.05. The number of halogens is 1. The zero-order chi connectivity index (χ0) is 20.4. The summed E-state index contributed by atoms with van der Waals surface area (Å²) in [5.41, 5.74) is 4.44. The summed E-state index contributed by atoms with van der Waals surface area (Å²) in [5.74, 6) is 0.586. The highest BCUT2D eigenvalue weighted by atomic mass is 35.5. The number of carbonyl (C=O) groups excluding carboxylic acids is 1. The van der Waals surface area contributed by atoms with E-state index >= 15 is 0 Å². The molecule has 0 fully saturated rings. The molecule has 0 bridgehead atoms. The number of hydrogen-bond donors (Lipinski definition) is 0. The number of nitrogens with zero attached hydrogens (tertiary/aromatic N) is 4. The molecule has 6 nitrogen and oxygen atoms in total. The van der Waals surface area contributed by atoms with Crippen LogP contribution in [0.1, 0.15) is 32.9 Å². The highest BCUT2D eigenvalue weighted by Crippen LogP contribution is 2.27. The smallest absolute Gasteiger partial charge is 0.259 e. The number of pyridine rings is 1. The van der Waals surface area contributed by atoms with Gasteiger partial charge < -0.3 is 9.64 Å². The Bertz CT molecular complexity index is 1010. The van der Waals surface area contributed by atoms with Crippen molar-refractivity contribution in [3.8, 4) is 11.4 Å². The molecule has 2 heterocycles. The van der Waals surface area contributed by atoms with Gasteiger partial charge >= 0.3 is 0 Å². The van der Waals surface area contributed by atoms with E-state index in [0.717, 1.165) is 28.3 Å². The molecule has 0 saturated heterocycles. The Labute approximate surface area is 169 Å². The second-order valence-corrected chi connectivity index (χ2v) is 7.06. The Morgan fingerprint density at radius 1 is 1.21 bits per heavy atom. The second-order valence-electron chi connectivity index (χ2n) is 6.71. The molecule has 0 spiro atoms. The standard InChI is InChI=1S/C21H23ClN4O2/c1-13-11-23-17(14(2)19(13)28-5)12-25(4)21(27)18-15(3)24-26(20(18)22)16-9-7-6-8-10-16/h6-11H,12H2,1-5H3. The molecular weight excluding hydrogens is 376 g/mol. The first-order valence-corrected chi connectivity index (χ1v) is 9.28. The van der Waals surface area contributed by atoms with Crippen LogP contribution in [-0.4, -0.2) is 39.7 Å². The fourth-order valence-corrected chi connectivity index (χ4v) is 3.55. The highest BCUT2D eigenvalue weighted by molar-refractivity contribution is 6.33. The van der Waals surface area contributed by atoms with Crippen molar-refractivity contribution in [1.82, 2.24) is 19.7 Å². The van der Waals surface area contributed by atoms with Gasteiger partial charge in [0.2, 0.25) is 0 Å². The predicted molar refractivity (Wildman–Crippen MR) is 109 cm³/mol. The lowest BCUT2D eigenvalue weighted by Gasteiger charge is -2.19. The Kier molecular flexibility index (Phi) is 5.70. The molecule has 3 rings (SSSR count). The van der Waals surface area contributed by atoms with Crippen LogP contribution in [0.15, 0.2) is 36.5 Å². The van der Waals surface area contributed by atoms with Gasteiger partial charge in [-0.3, -0.25) is 9.78 Å². The molecule has 0 aliphatic carbocycles. The van der Waals surface area contributed by atoms with Crippen LogP contribution in [0.5, 0.6) is 5.75 Å². The van der Waals surface area contributed by atoms with Gasteiger partial charge in [-0.05, 0) is 32.9 Å². The van der Waals surface area contributed by atoms with Crippen LogP contribution < -0.4 is 4.74 Å². The topological polar surface area (TPSA) is 60.2 Å². The third kappa shape index (κ3) is 3.60. The van der Waals surface area contributed by atoms with E-state index < -0.39 is 0 Å². The Hall–Kier alpha value is -2.86. The van der Waals surface area contributed by atoms with E-state index in [2.05, 4.69) is 10.1 Å². The van der Waals surface area contributed by atoms with Crippen LogP contribution in [0.2, 0.25) is 5.15 Å². The lowest BCUT2D eigenvalue weighted by molar-refractivity contribution is 0.0782. The normalized spacial score (nSPS) is 10.8. The summed E-state index contributed by atoms with van der Waals surface area (Å²) >= 11 is 6.52.